The lowest BCUT2D eigenvalue weighted by atomic mass is 10.0. The molecule has 1 aromatic heterocycles. The fourth-order valence-electron chi connectivity index (χ4n) is 2.58. The monoisotopic (exact) mass is 422 g/mol. The maximum absolute atomic E-state index is 13.2. The van der Waals surface area contributed by atoms with Crippen LogP contribution < -0.4 is 5.32 Å². The number of pyridine rings is 1. The fraction of sp³-hybridized carbons (Fsp3) is 0.250. The van der Waals surface area contributed by atoms with Gasteiger partial charge in [0.05, 0.1) is 21.8 Å². The number of nitrogens with one attached hydrogen (secondary N) is 1. The first kappa shape index (κ1) is 19.1. The summed E-state index contributed by atoms with van der Waals surface area (Å²) in [6.07, 6.45) is -2.12. The first-order chi connectivity index (χ1) is 12.2. The highest BCUT2D eigenvalue weighted by Crippen LogP contribution is 2.41. The quantitative estimate of drug-likeness (QED) is 0.671. The Bertz CT molecular complexity index is 916. The summed E-state index contributed by atoms with van der Waals surface area (Å²) in [6, 6.07) is 3.20. The summed E-state index contributed by atoms with van der Waals surface area (Å²) in [5.41, 5.74) is -2.26. The molecule has 1 aliphatic rings. The van der Waals surface area contributed by atoms with E-state index in [0.29, 0.717) is 5.03 Å². The molecule has 0 aliphatic carbocycles. The second-order valence-corrected chi connectivity index (χ2v) is 7.61. The number of nitrogens with zero attached hydrogens (tertiary/aromatic N) is 1. The summed E-state index contributed by atoms with van der Waals surface area (Å²) in [4.78, 5) is 15.0. The number of para-hydroxylation sites is 1. The van der Waals surface area contributed by atoms with Crippen LogP contribution in [0.1, 0.15) is 32.9 Å². The maximum atomic E-state index is 13.2. The van der Waals surface area contributed by atoms with Crippen LogP contribution in [0.25, 0.3) is 10.9 Å². The van der Waals surface area contributed by atoms with Crippen LogP contribution in [-0.2, 0) is 6.18 Å². The van der Waals surface area contributed by atoms with Gasteiger partial charge in [0.1, 0.15) is 11.3 Å². The second kappa shape index (κ2) is 7.17. The molecule has 26 heavy (non-hydrogen) atoms. The molecule has 0 unspecified atom stereocenters. The van der Waals surface area contributed by atoms with E-state index < -0.39 is 33.7 Å². The van der Waals surface area contributed by atoms with Crippen molar-refractivity contribution in [3.63, 3.8) is 0 Å². The van der Waals surface area contributed by atoms with Crippen molar-refractivity contribution in [2.45, 2.75) is 17.4 Å². The molecule has 0 atom stereocenters. The first-order valence-electron chi connectivity index (χ1n) is 7.35. The Morgan fingerprint density at radius 2 is 2.08 bits per heavy atom. The minimum Gasteiger partial charge on any atom is -0.506 e. The summed E-state index contributed by atoms with van der Waals surface area (Å²) in [7, 11) is 0. The van der Waals surface area contributed by atoms with Crippen LogP contribution in [0.3, 0.4) is 0 Å². The van der Waals surface area contributed by atoms with Gasteiger partial charge < -0.3 is 10.4 Å². The lowest BCUT2D eigenvalue weighted by Crippen LogP contribution is -2.23. The summed E-state index contributed by atoms with van der Waals surface area (Å²) in [5, 5.41) is 13.5. The number of halogens is 5. The minimum atomic E-state index is -4.70. The number of aromatic hydroxyl groups is 1. The number of alkyl halides is 5. The van der Waals surface area contributed by atoms with Crippen LogP contribution in [0.15, 0.2) is 29.3 Å². The zero-order valence-electron chi connectivity index (χ0n) is 12.9. The second-order valence-electron chi connectivity index (χ2n) is 5.38. The molecule has 0 radical (unpaired) electrons. The van der Waals surface area contributed by atoms with Gasteiger partial charge in [0.25, 0.3) is 5.91 Å². The van der Waals surface area contributed by atoms with Crippen molar-refractivity contribution in [1.82, 2.24) is 10.3 Å². The Morgan fingerprint density at radius 1 is 1.35 bits per heavy atom. The molecule has 0 bridgehead atoms. The van der Waals surface area contributed by atoms with Crippen molar-refractivity contribution in [2.24, 2.45) is 0 Å². The Hall–Kier alpha value is -1.64. The Labute approximate surface area is 160 Å². The zero-order chi connectivity index (χ0) is 19.1. The molecule has 10 heteroatoms. The van der Waals surface area contributed by atoms with Gasteiger partial charge in [-0.3, -0.25) is 4.79 Å². The smallest absolute Gasteiger partial charge is 0.418 e. The minimum absolute atomic E-state index is 0.212. The molecular weight excluding hydrogens is 412 g/mol. The van der Waals surface area contributed by atoms with Crippen molar-refractivity contribution in [3.05, 3.63) is 46.1 Å². The van der Waals surface area contributed by atoms with Crippen molar-refractivity contribution in [2.75, 3.05) is 5.75 Å². The number of amides is 1. The van der Waals surface area contributed by atoms with Crippen LogP contribution in [0.5, 0.6) is 5.75 Å². The molecule has 0 saturated heterocycles. The SMILES string of the molecule is O=C(NC1=CCCS1)c1c(C(Cl)Cl)nc2c(C(F)(F)F)cccc2c1O. The van der Waals surface area contributed by atoms with E-state index >= 15 is 0 Å². The third-order valence-corrected chi connectivity index (χ3v) is 5.13. The van der Waals surface area contributed by atoms with E-state index in [1.54, 1.807) is 6.08 Å². The molecule has 1 amide bonds. The topological polar surface area (TPSA) is 62.2 Å². The van der Waals surface area contributed by atoms with E-state index in [-0.39, 0.29) is 16.6 Å². The van der Waals surface area contributed by atoms with Crippen LogP contribution in [0, 0.1) is 0 Å². The van der Waals surface area contributed by atoms with Crippen molar-refractivity contribution in [3.8, 4) is 5.75 Å². The number of allylic oxidation sites excluding steroid dienone is 1. The number of aromatic nitrogens is 1. The Balaban J connectivity index is 2.21. The van der Waals surface area contributed by atoms with Crippen molar-refractivity contribution >= 4 is 51.8 Å². The third-order valence-electron chi connectivity index (χ3n) is 3.70. The summed E-state index contributed by atoms with van der Waals surface area (Å²) in [6.45, 7) is 0. The summed E-state index contributed by atoms with van der Waals surface area (Å²) >= 11 is 13.0. The van der Waals surface area contributed by atoms with E-state index in [1.165, 1.54) is 17.8 Å². The summed E-state index contributed by atoms with van der Waals surface area (Å²) < 4.78 is 39.7. The van der Waals surface area contributed by atoms with E-state index in [9.17, 15) is 23.1 Å². The Kier molecular flexibility index (Phi) is 5.28. The number of carbonyl (C=O) groups excluding carboxylic acids is 1. The average molecular weight is 423 g/mol. The zero-order valence-corrected chi connectivity index (χ0v) is 15.2. The predicted molar refractivity (Wildman–Crippen MR) is 95.5 cm³/mol. The molecule has 0 saturated carbocycles. The fourth-order valence-corrected chi connectivity index (χ4v) is 3.75. The molecule has 1 aliphatic heterocycles. The molecular formula is C16H11Cl2F3N2O2S. The van der Waals surface area contributed by atoms with E-state index in [0.717, 1.165) is 24.3 Å². The van der Waals surface area contributed by atoms with Gasteiger partial charge in [0, 0.05) is 11.1 Å². The van der Waals surface area contributed by atoms with Crippen molar-refractivity contribution < 1.29 is 23.1 Å². The van der Waals surface area contributed by atoms with Gasteiger partial charge in [0.15, 0.2) is 4.84 Å². The number of rotatable bonds is 3. The normalized spacial score (nSPS) is 14.8. The third kappa shape index (κ3) is 3.58. The molecule has 2 aromatic rings. The van der Waals surface area contributed by atoms with Crippen LogP contribution >= 0.6 is 35.0 Å². The lowest BCUT2D eigenvalue weighted by Gasteiger charge is -2.16. The Morgan fingerprint density at radius 3 is 2.65 bits per heavy atom. The summed E-state index contributed by atoms with van der Waals surface area (Å²) in [5.74, 6) is -0.590. The number of hydrogen-bond donors (Lipinski definition) is 2. The van der Waals surface area contributed by atoms with Gasteiger partial charge in [-0.15, -0.1) is 11.8 Å². The van der Waals surface area contributed by atoms with Crippen LogP contribution in [0.2, 0.25) is 0 Å². The standard InChI is InChI=1S/C16H11Cl2F3N2O2S/c17-14(18)12-10(15(25)22-9-5-2-6-26-9)13(24)7-3-1-4-8(11(7)23-12)16(19,20)21/h1,3-5,14H,2,6H2,(H,22,25)(H,23,24). The molecule has 2 N–H and O–H groups in total. The molecule has 0 fully saturated rings. The molecule has 2 heterocycles. The lowest BCUT2D eigenvalue weighted by molar-refractivity contribution is -0.136. The van der Waals surface area contributed by atoms with Gasteiger partial charge in [-0.25, -0.2) is 4.98 Å². The molecule has 1 aromatic carbocycles. The van der Waals surface area contributed by atoms with Crippen LogP contribution in [-0.4, -0.2) is 21.8 Å². The molecule has 4 nitrogen and oxygen atoms in total. The molecule has 138 valence electrons. The van der Waals surface area contributed by atoms with Crippen molar-refractivity contribution in [1.29, 1.82) is 0 Å². The number of thioether (sulfide) groups is 1. The van der Waals surface area contributed by atoms with Gasteiger partial charge in [0.2, 0.25) is 0 Å². The highest BCUT2D eigenvalue weighted by atomic mass is 35.5. The maximum Gasteiger partial charge on any atom is 0.418 e. The number of fused-ring (bicyclic) bond motifs is 1. The van der Waals surface area contributed by atoms with E-state index in [4.69, 9.17) is 23.2 Å². The highest BCUT2D eigenvalue weighted by molar-refractivity contribution is 8.03. The molecule has 0 spiro atoms. The predicted octanol–water partition coefficient (Wildman–Crippen LogP) is 5.14. The van der Waals surface area contributed by atoms with Gasteiger partial charge >= 0.3 is 6.18 Å². The molecule has 3 rings (SSSR count). The largest absolute Gasteiger partial charge is 0.506 e. The van der Waals surface area contributed by atoms with E-state index in [1.807, 2.05) is 0 Å². The van der Waals surface area contributed by atoms with Crippen LogP contribution in [0.4, 0.5) is 13.2 Å². The van der Waals surface area contributed by atoms with E-state index in [2.05, 4.69) is 10.3 Å². The number of hydrogen-bond acceptors (Lipinski definition) is 4. The van der Waals surface area contributed by atoms with Gasteiger partial charge in [-0.2, -0.15) is 13.2 Å². The number of carbonyl (C=O) groups is 1. The van der Waals surface area contributed by atoms with Gasteiger partial charge in [-0.05, 0) is 18.6 Å². The average Bonchev–Trinajstić information content (AvgIpc) is 3.05. The van der Waals surface area contributed by atoms with Gasteiger partial charge in [-0.1, -0.05) is 35.3 Å². The highest BCUT2D eigenvalue weighted by Gasteiger charge is 2.35. The first-order valence-corrected chi connectivity index (χ1v) is 9.21. The number of benzene rings is 1.